The van der Waals surface area contributed by atoms with Crippen LogP contribution in [-0.2, 0) is 14.8 Å². The van der Waals surface area contributed by atoms with Crippen LogP contribution in [-0.4, -0.2) is 38.3 Å². The summed E-state index contributed by atoms with van der Waals surface area (Å²) in [6.45, 7) is 1.14. The first-order valence-electron chi connectivity index (χ1n) is 7.98. The van der Waals surface area contributed by atoms with Crippen LogP contribution in [0.5, 0.6) is 0 Å². The Hall–Kier alpha value is -2.69. The van der Waals surface area contributed by atoms with Crippen LogP contribution in [0.3, 0.4) is 0 Å². The topological polar surface area (TPSA) is 122 Å². The van der Waals surface area contributed by atoms with E-state index in [2.05, 4.69) is 10.5 Å². The number of benzene rings is 2. The second kappa shape index (κ2) is 9.21. The van der Waals surface area contributed by atoms with E-state index in [1.54, 1.807) is 19.1 Å². The standard InChI is InChI=1S/C17H16Cl2N4O5S/c1-11-3-4-13(18)8-16(11)22(29(2,27)28)10-17(24)21-20-9-12-7-14(23(25)26)5-6-15(12)19/h3-9H,10H2,1-2H3,(H,21,24)/b20-9-. The van der Waals surface area contributed by atoms with Gasteiger partial charge in [0.25, 0.3) is 11.6 Å². The third-order valence-corrected chi connectivity index (χ3v) is 5.42. The number of nitrogens with one attached hydrogen (secondary N) is 1. The van der Waals surface area contributed by atoms with Crippen molar-refractivity contribution in [3.05, 3.63) is 67.7 Å². The number of amides is 1. The van der Waals surface area contributed by atoms with Gasteiger partial charge in [-0.2, -0.15) is 5.10 Å². The van der Waals surface area contributed by atoms with E-state index in [1.165, 1.54) is 24.3 Å². The summed E-state index contributed by atoms with van der Waals surface area (Å²) in [6, 6.07) is 8.43. The Labute approximate surface area is 177 Å². The number of nitro benzene ring substituents is 1. The van der Waals surface area contributed by atoms with Gasteiger partial charge in [-0.3, -0.25) is 19.2 Å². The first kappa shape index (κ1) is 22.6. The fraction of sp³-hybridized carbons (Fsp3) is 0.176. The number of aryl methyl sites for hydroxylation is 1. The van der Waals surface area contributed by atoms with E-state index in [0.717, 1.165) is 16.8 Å². The Morgan fingerprint density at radius 3 is 2.59 bits per heavy atom. The molecule has 0 saturated heterocycles. The number of hydrogen-bond acceptors (Lipinski definition) is 6. The predicted molar refractivity (Wildman–Crippen MR) is 112 cm³/mol. The molecule has 1 N–H and O–H groups in total. The van der Waals surface area contributed by atoms with E-state index in [-0.39, 0.29) is 22.0 Å². The van der Waals surface area contributed by atoms with Crippen molar-refractivity contribution in [1.29, 1.82) is 0 Å². The highest BCUT2D eigenvalue weighted by Gasteiger charge is 2.22. The number of nitro groups is 1. The van der Waals surface area contributed by atoms with Crippen molar-refractivity contribution in [3.8, 4) is 0 Å². The number of nitrogens with zero attached hydrogens (tertiary/aromatic N) is 3. The molecule has 2 rings (SSSR count). The zero-order valence-electron chi connectivity index (χ0n) is 15.3. The maximum Gasteiger partial charge on any atom is 0.270 e. The largest absolute Gasteiger partial charge is 0.271 e. The normalized spacial score (nSPS) is 11.4. The van der Waals surface area contributed by atoms with Gasteiger partial charge in [0.1, 0.15) is 6.54 Å². The van der Waals surface area contributed by atoms with Crippen molar-refractivity contribution < 1.29 is 18.1 Å². The minimum atomic E-state index is -3.79. The monoisotopic (exact) mass is 458 g/mol. The van der Waals surface area contributed by atoms with Crippen LogP contribution in [0.2, 0.25) is 10.0 Å². The lowest BCUT2D eigenvalue weighted by Crippen LogP contribution is -2.39. The van der Waals surface area contributed by atoms with Crippen LogP contribution in [0, 0.1) is 17.0 Å². The Kier molecular flexibility index (Phi) is 7.17. The van der Waals surface area contributed by atoms with Crippen LogP contribution >= 0.6 is 23.2 Å². The second-order valence-electron chi connectivity index (χ2n) is 5.96. The van der Waals surface area contributed by atoms with Gasteiger partial charge in [-0.25, -0.2) is 13.8 Å². The molecular formula is C17H16Cl2N4O5S. The smallest absolute Gasteiger partial charge is 0.270 e. The molecule has 0 bridgehead atoms. The summed E-state index contributed by atoms with van der Waals surface area (Å²) < 4.78 is 25.2. The van der Waals surface area contributed by atoms with Crippen molar-refractivity contribution in [2.24, 2.45) is 5.10 Å². The highest BCUT2D eigenvalue weighted by Crippen LogP contribution is 2.26. The number of anilines is 1. The molecular weight excluding hydrogens is 443 g/mol. The molecule has 0 aliphatic rings. The van der Waals surface area contributed by atoms with Crippen LogP contribution in [0.1, 0.15) is 11.1 Å². The molecule has 0 aliphatic carbocycles. The van der Waals surface area contributed by atoms with E-state index < -0.39 is 27.4 Å². The summed E-state index contributed by atoms with van der Waals surface area (Å²) in [5.74, 6) is -0.729. The van der Waals surface area contributed by atoms with Gasteiger partial charge < -0.3 is 0 Å². The van der Waals surface area contributed by atoms with Crippen LogP contribution in [0.25, 0.3) is 0 Å². The molecule has 0 atom stereocenters. The lowest BCUT2D eigenvalue weighted by atomic mass is 10.2. The van der Waals surface area contributed by atoms with E-state index in [4.69, 9.17) is 23.2 Å². The number of carbonyl (C=O) groups is 1. The third kappa shape index (κ3) is 6.14. The highest BCUT2D eigenvalue weighted by molar-refractivity contribution is 7.92. The molecule has 29 heavy (non-hydrogen) atoms. The molecule has 2 aromatic rings. The van der Waals surface area contributed by atoms with Gasteiger partial charge in [0.2, 0.25) is 10.0 Å². The average molecular weight is 459 g/mol. The number of sulfonamides is 1. The van der Waals surface area contributed by atoms with E-state index in [9.17, 15) is 23.3 Å². The summed E-state index contributed by atoms with van der Waals surface area (Å²) in [7, 11) is -3.79. The zero-order valence-corrected chi connectivity index (χ0v) is 17.6. The van der Waals surface area contributed by atoms with Gasteiger partial charge in [0.15, 0.2) is 0 Å². The quantitative estimate of drug-likeness (QED) is 0.387. The molecule has 0 aliphatic heterocycles. The van der Waals surface area contributed by atoms with Gasteiger partial charge in [-0.1, -0.05) is 29.3 Å². The number of carbonyl (C=O) groups excluding carboxylic acids is 1. The van der Waals surface area contributed by atoms with Crippen LogP contribution in [0.15, 0.2) is 41.5 Å². The van der Waals surface area contributed by atoms with Crippen LogP contribution in [0.4, 0.5) is 11.4 Å². The number of halogens is 2. The lowest BCUT2D eigenvalue weighted by molar-refractivity contribution is -0.384. The van der Waals surface area contributed by atoms with Gasteiger partial charge in [-0.05, 0) is 30.7 Å². The molecule has 2 aromatic carbocycles. The van der Waals surface area contributed by atoms with Gasteiger partial charge in [0.05, 0.1) is 23.1 Å². The molecule has 0 radical (unpaired) electrons. The van der Waals surface area contributed by atoms with Gasteiger partial charge in [-0.15, -0.1) is 0 Å². The third-order valence-electron chi connectivity index (χ3n) is 3.71. The number of hydrazone groups is 1. The van der Waals surface area contributed by atoms with Gasteiger partial charge >= 0.3 is 0 Å². The van der Waals surface area contributed by atoms with Crippen molar-refractivity contribution >= 4 is 56.7 Å². The molecule has 0 aromatic heterocycles. The molecule has 1 amide bonds. The molecule has 0 heterocycles. The lowest BCUT2D eigenvalue weighted by Gasteiger charge is -2.23. The Morgan fingerprint density at radius 1 is 1.28 bits per heavy atom. The highest BCUT2D eigenvalue weighted by atomic mass is 35.5. The summed E-state index contributed by atoms with van der Waals surface area (Å²) in [4.78, 5) is 22.4. The van der Waals surface area contributed by atoms with E-state index in [0.29, 0.717) is 10.6 Å². The molecule has 0 unspecified atom stereocenters. The number of non-ortho nitro benzene ring substituents is 1. The van der Waals surface area contributed by atoms with Crippen molar-refractivity contribution in [2.75, 3.05) is 17.1 Å². The summed E-state index contributed by atoms with van der Waals surface area (Å²) in [6.07, 6.45) is 2.09. The maximum absolute atomic E-state index is 12.2. The van der Waals surface area contributed by atoms with E-state index >= 15 is 0 Å². The first-order chi connectivity index (χ1) is 13.5. The average Bonchev–Trinajstić information content (AvgIpc) is 2.62. The molecule has 12 heteroatoms. The molecule has 0 saturated carbocycles. The number of hydrogen-bond donors (Lipinski definition) is 1. The second-order valence-corrected chi connectivity index (χ2v) is 8.71. The Morgan fingerprint density at radius 2 is 1.97 bits per heavy atom. The fourth-order valence-corrected chi connectivity index (χ4v) is 3.55. The number of rotatable bonds is 7. The Balaban J connectivity index is 2.18. The predicted octanol–water partition coefficient (Wildman–Crippen LogP) is 3.13. The summed E-state index contributed by atoms with van der Waals surface area (Å²) in [5, 5.41) is 15.0. The first-order valence-corrected chi connectivity index (χ1v) is 10.6. The van der Waals surface area contributed by atoms with E-state index in [1.807, 2.05) is 0 Å². The molecule has 9 nitrogen and oxygen atoms in total. The fourth-order valence-electron chi connectivity index (χ4n) is 2.32. The summed E-state index contributed by atoms with van der Waals surface area (Å²) in [5.41, 5.74) is 3.07. The van der Waals surface area contributed by atoms with Crippen LogP contribution < -0.4 is 9.73 Å². The summed E-state index contributed by atoms with van der Waals surface area (Å²) >= 11 is 11.9. The zero-order chi connectivity index (χ0) is 21.8. The molecule has 154 valence electrons. The van der Waals surface area contributed by atoms with Crippen molar-refractivity contribution in [3.63, 3.8) is 0 Å². The van der Waals surface area contributed by atoms with Crippen molar-refractivity contribution in [1.82, 2.24) is 5.43 Å². The minimum Gasteiger partial charge on any atom is -0.271 e. The maximum atomic E-state index is 12.2. The van der Waals surface area contributed by atoms with Crippen molar-refractivity contribution in [2.45, 2.75) is 6.92 Å². The minimum absolute atomic E-state index is 0.193. The molecule has 0 fully saturated rings. The van der Waals surface area contributed by atoms with Gasteiger partial charge in [0, 0.05) is 27.7 Å². The molecule has 0 spiro atoms. The Bertz CT molecular complexity index is 1090. The SMILES string of the molecule is Cc1ccc(Cl)cc1N(CC(=O)N/N=C\c1cc([N+](=O)[O-])ccc1Cl)S(C)(=O)=O.